The van der Waals surface area contributed by atoms with Crippen LogP contribution in [-0.4, -0.2) is 57.1 Å². The highest BCUT2D eigenvalue weighted by Crippen LogP contribution is 2.47. The molecule has 266 valence electrons. The van der Waals surface area contributed by atoms with E-state index < -0.39 is 26.0 Å². The average molecular weight is 795 g/mol. The summed E-state index contributed by atoms with van der Waals surface area (Å²) in [6, 6.07) is 19.4. The highest BCUT2D eigenvalue weighted by atomic mass is 35.5. The monoisotopic (exact) mass is 793 g/mol. The van der Waals surface area contributed by atoms with Crippen LogP contribution in [0.2, 0.25) is 10.0 Å². The number of fused-ring (bicyclic) bond motifs is 2. The van der Waals surface area contributed by atoms with Crippen molar-refractivity contribution in [2.24, 2.45) is 0 Å². The predicted molar refractivity (Wildman–Crippen MR) is 207 cm³/mol. The van der Waals surface area contributed by atoms with Gasteiger partial charge in [0.05, 0.1) is 26.6 Å². The minimum atomic E-state index is -4.39. The molecule has 4 aromatic rings. The second-order valence-electron chi connectivity index (χ2n) is 11.5. The summed E-state index contributed by atoms with van der Waals surface area (Å²) in [6.45, 7) is 6.65. The summed E-state index contributed by atoms with van der Waals surface area (Å²) in [4.78, 5) is 5.22. The molecule has 1 aliphatic rings. The van der Waals surface area contributed by atoms with Crippen LogP contribution in [0.25, 0.3) is 22.4 Å². The summed E-state index contributed by atoms with van der Waals surface area (Å²) in [5.74, 6) is -0.871. The molecule has 0 unspecified atom stereocenters. The van der Waals surface area contributed by atoms with E-state index in [-0.39, 0.29) is 25.1 Å². The lowest BCUT2D eigenvalue weighted by Crippen LogP contribution is -2.36. The molecule has 0 atom stereocenters. The van der Waals surface area contributed by atoms with Crippen LogP contribution in [0.4, 0.5) is 11.4 Å². The quantitative estimate of drug-likeness (QED) is 0.0723. The first-order valence-electron chi connectivity index (χ1n) is 15.9. The average Bonchev–Trinajstić information content (AvgIpc) is 3.56. The van der Waals surface area contributed by atoms with Crippen LogP contribution in [0.5, 0.6) is 0 Å². The number of hydrogen-bond acceptors (Lipinski definition) is 9. The Morgan fingerprint density at radius 2 is 1.66 bits per heavy atom. The maximum Gasteiger partial charge on any atom is 0.264 e. The lowest BCUT2D eigenvalue weighted by Gasteiger charge is -2.21. The fourth-order valence-corrected chi connectivity index (χ4v) is 9.20. The largest absolute Gasteiger partial charge is 0.748 e. The number of rotatable bonds is 15. The lowest BCUT2D eigenvalue weighted by molar-refractivity contribution is -0.668. The molecule has 0 fully saturated rings. The van der Waals surface area contributed by atoms with Crippen molar-refractivity contribution < 1.29 is 30.5 Å². The molecule has 0 bridgehead atoms. The first kappa shape index (κ1) is 38.4. The van der Waals surface area contributed by atoms with Gasteiger partial charge in [-0.2, -0.15) is 13.0 Å². The van der Waals surface area contributed by atoms with Crippen LogP contribution >= 0.6 is 46.3 Å². The molecule has 0 spiro atoms. The number of aryl methyl sites for hydroxylation is 1. The van der Waals surface area contributed by atoms with Crippen molar-refractivity contribution in [3.05, 3.63) is 104 Å². The number of halogens is 2. The van der Waals surface area contributed by atoms with Gasteiger partial charge in [-0.05, 0) is 79.9 Å². The number of thioether (sulfide) groups is 1. The smallest absolute Gasteiger partial charge is 0.264 e. The Balaban J connectivity index is 1.60. The molecule has 0 aliphatic carbocycles. The molecule has 9 nitrogen and oxygen atoms in total. The number of benzene rings is 3. The first-order valence-corrected chi connectivity index (χ1v) is 21.5. The van der Waals surface area contributed by atoms with Crippen molar-refractivity contribution in [2.45, 2.75) is 38.1 Å². The number of allylic oxidation sites excluding steroid dienone is 3. The number of aromatic nitrogens is 1. The molecule has 5 rings (SSSR count). The molecule has 0 amide bonds. The topological polar surface area (TPSA) is 122 Å². The Labute approximate surface area is 312 Å². The Morgan fingerprint density at radius 3 is 2.34 bits per heavy atom. The molecule has 2 heterocycles. The molecular formula is C35H37Cl2N3O6S4. The van der Waals surface area contributed by atoms with E-state index in [0.29, 0.717) is 16.6 Å². The van der Waals surface area contributed by atoms with Gasteiger partial charge in [-0.15, -0.1) is 0 Å². The predicted octanol–water partition coefficient (Wildman–Crippen LogP) is 8.11. The number of nitrogens with zero attached hydrogens (tertiary/aromatic N) is 3. The van der Waals surface area contributed by atoms with E-state index >= 15 is 0 Å². The second kappa shape index (κ2) is 16.6. The molecule has 3 aromatic carbocycles. The molecule has 15 heteroatoms. The normalized spacial score (nSPS) is 14.7. The van der Waals surface area contributed by atoms with E-state index in [9.17, 15) is 25.9 Å². The summed E-state index contributed by atoms with van der Waals surface area (Å²) in [7, 11) is -8.53. The van der Waals surface area contributed by atoms with Gasteiger partial charge in [-0.25, -0.2) is 8.42 Å². The Morgan fingerprint density at radius 1 is 0.960 bits per heavy atom. The number of hydrogen-bond donors (Lipinski definition) is 1. The summed E-state index contributed by atoms with van der Waals surface area (Å²) in [6.07, 6.45) is 8.35. The maximum atomic E-state index is 11.6. The molecule has 50 heavy (non-hydrogen) atoms. The number of thiazole rings is 1. The van der Waals surface area contributed by atoms with Crippen molar-refractivity contribution in [3.8, 4) is 0 Å². The maximum absolute atomic E-state index is 11.6. The van der Waals surface area contributed by atoms with Gasteiger partial charge in [-0.1, -0.05) is 70.6 Å². The van der Waals surface area contributed by atoms with Crippen LogP contribution < -0.4 is 14.4 Å². The van der Waals surface area contributed by atoms with Crippen LogP contribution in [0.1, 0.15) is 37.3 Å². The Bertz CT molecular complexity index is 2160. The first-order chi connectivity index (χ1) is 23.7. The van der Waals surface area contributed by atoms with Crippen molar-refractivity contribution in [3.63, 3.8) is 0 Å². The third-order valence-corrected chi connectivity index (χ3v) is 12.3. The lowest BCUT2D eigenvalue weighted by atomic mass is 10.1. The van der Waals surface area contributed by atoms with Crippen LogP contribution in [0.3, 0.4) is 0 Å². The van der Waals surface area contributed by atoms with Crippen molar-refractivity contribution in [2.75, 3.05) is 40.9 Å². The fourth-order valence-electron chi connectivity index (χ4n) is 5.63. The summed E-state index contributed by atoms with van der Waals surface area (Å²) >= 11 is 15.8. The second-order valence-corrected chi connectivity index (χ2v) is 17.6. The zero-order valence-corrected chi connectivity index (χ0v) is 32.2. The third kappa shape index (κ3) is 10.3. The van der Waals surface area contributed by atoms with Gasteiger partial charge in [0, 0.05) is 64.6 Å². The van der Waals surface area contributed by atoms with E-state index in [0.717, 1.165) is 60.7 Å². The van der Waals surface area contributed by atoms with E-state index in [1.165, 1.54) is 23.1 Å². The SMILES string of the molecule is CCN(CC)c1ccc(/C=C/C(/C=C2\Sc3ccc(Cl)cc3N2CCCS(=O)(=O)O)=C\c2sc3ccc(Cl)cc3[n+]2CCCS(=O)(=O)[O-])cc1. The Hall–Kier alpha value is -2.88. The summed E-state index contributed by atoms with van der Waals surface area (Å²) < 4.78 is 69.8. The standard InChI is InChI=1S/C35H37Cl2N3O6S4/c1-3-38(4-2)29-13-9-25(10-14-29)7-8-26(21-34-39(17-5-19-49(41,42)43)30-23-27(36)11-15-32(30)47-34)22-35-40(18-6-20-50(44,45)46)31-24-28(37)12-16-33(31)48-35/h7-16,21-24H,3-6,17-20H2,1-2H3,(H-,41,42,43,44,45,46). The molecule has 1 N–H and O–H groups in total. The fraction of sp³-hybridized carbons (Fsp3) is 0.286. The zero-order chi connectivity index (χ0) is 36.1. The molecule has 0 saturated carbocycles. The highest BCUT2D eigenvalue weighted by Gasteiger charge is 2.26. The van der Waals surface area contributed by atoms with Crippen molar-refractivity contribution in [1.29, 1.82) is 0 Å². The minimum Gasteiger partial charge on any atom is -0.748 e. The molecule has 0 radical (unpaired) electrons. The van der Waals surface area contributed by atoms with E-state index in [1.54, 1.807) is 12.1 Å². The van der Waals surface area contributed by atoms with Gasteiger partial charge in [0.15, 0.2) is 6.54 Å². The number of anilines is 2. The minimum absolute atomic E-state index is 0.133. The Kier molecular flexibility index (Phi) is 12.8. The molecule has 1 aliphatic heterocycles. The van der Waals surface area contributed by atoms with E-state index in [4.69, 9.17) is 23.2 Å². The summed E-state index contributed by atoms with van der Waals surface area (Å²) in [5, 5.41) is 2.73. The van der Waals surface area contributed by atoms with Gasteiger partial charge in [0.1, 0.15) is 4.70 Å². The van der Waals surface area contributed by atoms with E-state index in [1.807, 2.05) is 58.0 Å². The van der Waals surface area contributed by atoms with Crippen molar-refractivity contribution >= 4 is 100 Å². The van der Waals surface area contributed by atoms with Crippen LogP contribution in [0, 0.1) is 0 Å². The molecular weight excluding hydrogens is 758 g/mol. The van der Waals surface area contributed by atoms with Gasteiger partial charge < -0.3 is 14.4 Å². The van der Waals surface area contributed by atoms with Gasteiger partial charge in [0.2, 0.25) is 5.52 Å². The third-order valence-electron chi connectivity index (χ3n) is 8.01. The van der Waals surface area contributed by atoms with Gasteiger partial charge >= 0.3 is 0 Å². The highest BCUT2D eigenvalue weighted by molar-refractivity contribution is 8.03. The molecule has 0 saturated heterocycles. The van der Waals surface area contributed by atoms with Crippen LogP contribution in [-0.2, 0) is 26.8 Å². The summed E-state index contributed by atoms with van der Waals surface area (Å²) in [5.41, 5.74) is 4.59. The van der Waals surface area contributed by atoms with E-state index in [2.05, 4.69) is 43.0 Å². The van der Waals surface area contributed by atoms with Crippen LogP contribution in [0.15, 0.2) is 88.3 Å². The van der Waals surface area contributed by atoms with Gasteiger partial charge in [-0.3, -0.25) is 4.55 Å². The van der Waals surface area contributed by atoms with Gasteiger partial charge in [0.25, 0.3) is 15.1 Å². The molecule has 1 aromatic heterocycles. The van der Waals surface area contributed by atoms with Crippen molar-refractivity contribution in [1.82, 2.24) is 0 Å². The zero-order valence-electron chi connectivity index (χ0n) is 27.5.